The number of benzene rings is 1. The second-order valence-corrected chi connectivity index (χ2v) is 4.95. The summed E-state index contributed by atoms with van der Waals surface area (Å²) in [4.78, 5) is 35.1. The Labute approximate surface area is 130 Å². The lowest BCUT2D eigenvalue weighted by atomic mass is 10.2. The van der Waals surface area contributed by atoms with Crippen molar-refractivity contribution in [1.82, 2.24) is 9.47 Å². The summed E-state index contributed by atoms with van der Waals surface area (Å²) < 4.78 is 14.5. The molecule has 1 aromatic carbocycles. The SMILES string of the molecule is CN(Cc1ccccc1F)C(=O)Cn1cc([N+](=O)[O-])ccc1=O. The maximum absolute atomic E-state index is 13.6. The number of halogens is 1. The largest absolute Gasteiger partial charge is 0.340 e. The molecule has 0 unspecified atom stereocenters. The molecule has 2 rings (SSSR count). The van der Waals surface area contributed by atoms with Crippen LogP contribution in [0.15, 0.2) is 47.4 Å². The predicted molar refractivity (Wildman–Crippen MR) is 80.2 cm³/mol. The van der Waals surface area contributed by atoms with Crippen LogP contribution < -0.4 is 5.56 Å². The smallest absolute Gasteiger partial charge is 0.285 e. The summed E-state index contributed by atoms with van der Waals surface area (Å²) >= 11 is 0. The fourth-order valence-electron chi connectivity index (χ4n) is 1.99. The molecule has 23 heavy (non-hydrogen) atoms. The van der Waals surface area contributed by atoms with Crippen molar-refractivity contribution >= 4 is 11.6 Å². The first kappa shape index (κ1) is 16.3. The molecule has 1 aromatic heterocycles. The van der Waals surface area contributed by atoms with E-state index in [0.29, 0.717) is 5.56 Å². The molecule has 120 valence electrons. The van der Waals surface area contributed by atoms with Crippen LogP contribution in [0.2, 0.25) is 0 Å². The highest BCUT2D eigenvalue weighted by Gasteiger charge is 2.15. The van der Waals surface area contributed by atoms with Gasteiger partial charge in [0.2, 0.25) is 5.91 Å². The number of nitrogens with zero attached hydrogens (tertiary/aromatic N) is 3. The van der Waals surface area contributed by atoms with E-state index < -0.39 is 22.2 Å². The number of carbonyl (C=O) groups is 1. The van der Waals surface area contributed by atoms with Crippen LogP contribution in [0.25, 0.3) is 0 Å². The van der Waals surface area contributed by atoms with E-state index in [1.165, 1.54) is 18.0 Å². The molecule has 0 bridgehead atoms. The minimum absolute atomic E-state index is 0.0369. The van der Waals surface area contributed by atoms with Crippen LogP contribution in [-0.4, -0.2) is 27.3 Å². The van der Waals surface area contributed by atoms with Crippen molar-refractivity contribution in [1.29, 1.82) is 0 Å². The van der Waals surface area contributed by atoms with Crippen LogP contribution in [0.1, 0.15) is 5.56 Å². The van der Waals surface area contributed by atoms with Gasteiger partial charge >= 0.3 is 0 Å². The van der Waals surface area contributed by atoms with Crippen molar-refractivity contribution in [2.24, 2.45) is 0 Å². The Bertz CT molecular complexity index is 803. The molecule has 0 atom stereocenters. The Morgan fingerprint density at radius 2 is 2.00 bits per heavy atom. The van der Waals surface area contributed by atoms with Gasteiger partial charge in [0.25, 0.3) is 11.2 Å². The highest BCUT2D eigenvalue weighted by molar-refractivity contribution is 5.75. The molecule has 8 heteroatoms. The van der Waals surface area contributed by atoms with Gasteiger partial charge in [-0.3, -0.25) is 24.3 Å². The molecule has 0 aliphatic heterocycles. The van der Waals surface area contributed by atoms with Crippen LogP contribution in [0.3, 0.4) is 0 Å². The number of hydrogen-bond acceptors (Lipinski definition) is 4. The zero-order valence-electron chi connectivity index (χ0n) is 12.3. The molecule has 2 aromatic rings. The molecule has 7 nitrogen and oxygen atoms in total. The molecule has 0 N–H and O–H groups in total. The number of nitro groups is 1. The van der Waals surface area contributed by atoms with E-state index in [1.54, 1.807) is 18.2 Å². The Kier molecular flexibility index (Phi) is 4.85. The van der Waals surface area contributed by atoms with Gasteiger partial charge in [-0.1, -0.05) is 18.2 Å². The lowest BCUT2D eigenvalue weighted by Gasteiger charge is -2.18. The summed E-state index contributed by atoms with van der Waals surface area (Å²) in [5.41, 5.74) is -0.466. The van der Waals surface area contributed by atoms with Gasteiger partial charge in [0.05, 0.1) is 11.1 Å². The van der Waals surface area contributed by atoms with Gasteiger partial charge in [-0.05, 0) is 6.07 Å². The van der Waals surface area contributed by atoms with E-state index in [4.69, 9.17) is 0 Å². The third-order valence-corrected chi connectivity index (χ3v) is 3.28. The molecule has 0 saturated carbocycles. The third-order valence-electron chi connectivity index (χ3n) is 3.28. The molecule has 1 amide bonds. The normalized spacial score (nSPS) is 10.3. The first-order valence-electron chi connectivity index (χ1n) is 6.70. The summed E-state index contributed by atoms with van der Waals surface area (Å²) in [7, 11) is 1.47. The number of likely N-dealkylation sites (N-methyl/N-ethyl adjacent to an activating group) is 1. The monoisotopic (exact) mass is 319 g/mol. The number of amides is 1. The standard InChI is InChI=1S/C15H14FN3O4/c1-17(8-11-4-2-3-5-13(11)16)15(21)10-18-9-12(19(22)23)6-7-14(18)20/h2-7,9H,8,10H2,1H3. The zero-order valence-corrected chi connectivity index (χ0v) is 12.3. The molecule has 1 heterocycles. The Morgan fingerprint density at radius 1 is 1.30 bits per heavy atom. The average Bonchev–Trinajstić information content (AvgIpc) is 2.51. The van der Waals surface area contributed by atoms with Gasteiger partial charge in [0.15, 0.2) is 0 Å². The van der Waals surface area contributed by atoms with Gasteiger partial charge in [0, 0.05) is 31.3 Å². The maximum Gasteiger partial charge on any atom is 0.285 e. The number of hydrogen-bond donors (Lipinski definition) is 0. The number of pyridine rings is 1. The topological polar surface area (TPSA) is 85.4 Å². The molecular formula is C15H14FN3O4. The van der Waals surface area contributed by atoms with Crippen molar-refractivity contribution in [2.75, 3.05) is 7.05 Å². The van der Waals surface area contributed by atoms with Crippen molar-refractivity contribution < 1.29 is 14.1 Å². The van der Waals surface area contributed by atoms with Gasteiger partial charge in [0.1, 0.15) is 12.4 Å². The fraction of sp³-hybridized carbons (Fsp3) is 0.200. The highest BCUT2D eigenvalue weighted by Crippen LogP contribution is 2.10. The molecule has 0 fully saturated rings. The molecule has 0 aliphatic rings. The van der Waals surface area contributed by atoms with Crippen molar-refractivity contribution in [2.45, 2.75) is 13.1 Å². The first-order chi connectivity index (χ1) is 10.9. The minimum atomic E-state index is -0.649. The lowest BCUT2D eigenvalue weighted by molar-refractivity contribution is -0.385. The van der Waals surface area contributed by atoms with Crippen LogP contribution >= 0.6 is 0 Å². The number of aromatic nitrogens is 1. The number of carbonyl (C=O) groups excluding carboxylic acids is 1. The van der Waals surface area contributed by atoms with E-state index in [2.05, 4.69) is 0 Å². The first-order valence-corrected chi connectivity index (χ1v) is 6.70. The Balaban J connectivity index is 2.12. The number of rotatable bonds is 5. The van der Waals surface area contributed by atoms with Crippen LogP contribution in [0, 0.1) is 15.9 Å². The lowest BCUT2D eigenvalue weighted by Crippen LogP contribution is -2.33. The summed E-state index contributed by atoms with van der Waals surface area (Å²) in [5.74, 6) is -0.893. The van der Waals surface area contributed by atoms with Crippen LogP contribution in [0.4, 0.5) is 10.1 Å². The van der Waals surface area contributed by atoms with Crippen LogP contribution in [-0.2, 0) is 17.9 Å². The van der Waals surface area contributed by atoms with E-state index >= 15 is 0 Å². The summed E-state index contributed by atoms with van der Waals surface area (Å²) in [6.07, 6.45) is 1.01. The van der Waals surface area contributed by atoms with Crippen molar-refractivity contribution in [3.8, 4) is 0 Å². The van der Waals surface area contributed by atoms with Crippen molar-refractivity contribution in [3.63, 3.8) is 0 Å². The van der Waals surface area contributed by atoms with Gasteiger partial charge in [-0.2, -0.15) is 0 Å². The molecule has 0 radical (unpaired) electrons. The van der Waals surface area contributed by atoms with Gasteiger partial charge < -0.3 is 4.90 Å². The quantitative estimate of drug-likeness (QED) is 0.618. The second kappa shape index (κ2) is 6.82. The molecular weight excluding hydrogens is 305 g/mol. The highest BCUT2D eigenvalue weighted by atomic mass is 19.1. The summed E-state index contributed by atoms with van der Waals surface area (Å²) in [5, 5.41) is 10.7. The zero-order chi connectivity index (χ0) is 17.0. The predicted octanol–water partition coefficient (Wildman–Crippen LogP) is 1.55. The van der Waals surface area contributed by atoms with E-state index in [1.807, 2.05) is 0 Å². The Morgan fingerprint density at radius 3 is 2.65 bits per heavy atom. The van der Waals surface area contributed by atoms with Gasteiger partial charge in [-0.25, -0.2) is 4.39 Å². The maximum atomic E-state index is 13.6. The van der Waals surface area contributed by atoms with Crippen LogP contribution in [0.5, 0.6) is 0 Å². The summed E-state index contributed by atoms with van der Waals surface area (Å²) in [6, 6.07) is 8.15. The van der Waals surface area contributed by atoms with E-state index in [0.717, 1.165) is 22.9 Å². The van der Waals surface area contributed by atoms with E-state index in [-0.39, 0.29) is 18.8 Å². The summed E-state index contributed by atoms with van der Waals surface area (Å²) in [6.45, 7) is -0.319. The van der Waals surface area contributed by atoms with E-state index in [9.17, 15) is 24.1 Å². The second-order valence-electron chi connectivity index (χ2n) is 4.95. The van der Waals surface area contributed by atoms with Gasteiger partial charge in [-0.15, -0.1) is 0 Å². The molecule has 0 aliphatic carbocycles. The fourth-order valence-corrected chi connectivity index (χ4v) is 1.99. The minimum Gasteiger partial charge on any atom is -0.340 e. The average molecular weight is 319 g/mol. The van der Waals surface area contributed by atoms with Crippen molar-refractivity contribution in [3.05, 3.63) is 74.4 Å². The third kappa shape index (κ3) is 4.00. The molecule has 0 spiro atoms. The Hall–Kier alpha value is -3.03. The molecule has 0 saturated heterocycles.